The Morgan fingerprint density at radius 2 is 2.26 bits per heavy atom. The zero-order valence-electron chi connectivity index (χ0n) is 12.1. The Balaban J connectivity index is 1.87. The molecule has 4 nitrogen and oxygen atoms in total. The van der Waals surface area contributed by atoms with Gasteiger partial charge >= 0.3 is 0 Å². The van der Waals surface area contributed by atoms with E-state index in [9.17, 15) is 9.18 Å². The minimum absolute atomic E-state index is 0.0289. The van der Waals surface area contributed by atoms with Gasteiger partial charge in [-0.25, -0.2) is 9.37 Å². The smallest absolute Gasteiger partial charge is 0.252 e. The molecule has 4 rings (SSSR count). The van der Waals surface area contributed by atoms with E-state index in [4.69, 9.17) is 17.3 Å². The molecule has 2 heterocycles. The maximum Gasteiger partial charge on any atom is 0.252 e. The SMILES string of the molecule is NC(=O)c1cccn2cc([C@@H]3CCc4c(F)cc(Cl)cc43)nc12. The first-order chi connectivity index (χ1) is 11.0. The molecule has 1 amide bonds. The summed E-state index contributed by atoms with van der Waals surface area (Å²) in [5, 5.41) is 0.384. The average molecular weight is 330 g/mol. The number of hydrogen-bond acceptors (Lipinski definition) is 2. The molecule has 0 unspecified atom stereocenters. The van der Waals surface area contributed by atoms with Gasteiger partial charge in [0.2, 0.25) is 0 Å². The number of nitrogens with zero attached hydrogens (tertiary/aromatic N) is 2. The lowest BCUT2D eigenvalue weighted by Crippen LogP contribution is -2.12. The van der Waals surface area contributed by atoms with Crippen LogP contribution in [-0.4, -0.2) is 15.3 Å². The van der Waals surface area contributed by atoms with Gasteiger partial charge in [-0.3, -0.25) is 4.79 Å². The van der Waals surface area contributed by atoms with Gasteiger partial charge in [0.25, 0.3) is 5.91 Å². The van der Waals surface area contributed by atoms with Crippen molar-refractivity contribution in [1.82, 2.24) is 9.38 Å². The largest absolute Gasteiger partial charge is 0.365 e. The molecule has 1 aromatic carbocycles. The van der Waals surface area contributed by atoms with E-state index >= 15 is 0 Å². The van der Waals surface area contributed by atoms with Gasteiger partial charge in [-0.15, -0.1) is 0 Å². The van der Waals surface area contributed by atoms with Crippen LogP contribution in [0.15, 0.2) is 36.7 Å². The molecule has 1 aliphatic rings. The number of rotatable bonds is 2. The molecule has 23 heavy (non-hydrogen) atoms. The number of primary amides is 1. The van der Waals surface area contributed by atoms with Crippen molar-refractivity contribution >= 4 is 23.2 Å². The van der Waals surface area contributed by atoms with Crippen LogP contribution >= 0.6 is 11.6 Å². The molecule has 0 spiro atoms. The van der Waals surface area contributed by atoms with Gasteiger partial charge in [0.15, 0.2) is 0 Å². The Morgan fingerprint density at radius 3 is 3.04 bits per heavy atom. The van der Waals surface area contributed by atoms with Crippen molar-refractivity contribution in [3.05, 3.63) is 69.9 Å². The van der Waals surface area contributed by atoms with Gasteiger partial charge in [0.1, 0.15) is 11.5 Å². The first-order valence-corrected chi connectivity index (χ1v) is 7.67. The Morgan fingerprint density at radius 1 is 1.43 bits per heavy atom. The Labute approximate surface area is 136 Å². The van der Waals surface area contributed by atoms with E-state index in [-0.39, 0.29) is 11.7 Å². The average Bonchev–Trinajstić information content (AvgIpc) is 3.09. The van der Waals surface area contributed by atoms with Crippen LogP contribution in [0.1, 0.15) is 39.5 Å². The number of hydrogen-bond donors (Lipinski definition) is 1. The highest BCUT2D eigenvalue weighted by molar-refractivity contribution is 6.30. The summed E-state index contributed by atoms with van der Waals surface area (Å²) >= 11 is 6.00. The minimum Gasteiger partial charge on any atom is -0.365 e. The van der Waals surface area contributed by atoms with Crippen LogP contribution in [0.3, 0.4) is 0 Å². The van der Waals surface area contributed by atoms with Crippen molar-refractivity contribution in [3.63, 3.8) is 0 Å². The fourth-order valence-corrected chi connectivity index (χ4v) is 3.55. The molecule has 1 aliphatic carbocycles. The molecule has 1 atom stereocenters. The monoisotopic (exact) mass is 329 g/mol. The third kappa shape index (κ3) is 2.19. The maximum atomic E-state index is 14.0. The summed E-state index contributed by atoms with van der Waals surface area (Å²) in [5.41, 5.74) is 8.65. The van der Waals surface area contributed by atoms with E-state index in [0.717, 1.165) is 17.7 Å². The second-order valence-electron chi connectivity index (χ2n) is 5.73. The quantitative estimate of drug-likeness (QED) is 0.784. The first-order valence-electron chi connectivity index (χ1n) is 7.30. The molecule has 0 aliphatic heterocycles. The highest BCUT2D eigenvalue weighted by Crippen LogP contribution is 2.40. The first kappa shape index (κ1) is 14.2. The van der Waals surface area contributed by atoms with E-state index < -0.39 is 5.91 Å². The number of nitrogens with two attached hydrogens (primary N) is 1. The van der Waals surface area contributed by atoms with Crippen molar-refractivity contribution in [2.24, 2.45) is 5.73 Å². The lowest BCUT2D eigenvalue weighted by Gasteiger charge is -2.09. The molecular formula is C17H13ClFN3O. The zero-order chi connectivity index (χ0) is 16.1. The van der Waals surface area contributed by atoms with Crippen molar-refractivity contribution in [2.45, 2.75) is 18.8 Å². The topological polar surface area (TPSA) is 60.4 Å². The van der Waals surface area contributed by atoms with Gasteiger partial charge < -0.3 is 10.1 Å². The van der Waals surface area contributed by atoms with Gasteiger partial charge in [0.05, 0.1) is 11.3 Å². The number of carbonyl (C=O) groups excluding carboxylic acids is 1. The number of carbonyl (C=O) groups is 1. The predicted molar refractivity (Wildman–Crippen MR) is 85.3 cm³/mol. The van der Waals surface area contributed by atoms with E-state index in [2.05, 4.69) is 4.98 Å². The van der Waals surface area contributed by atoms with Crippen LogP contribution in [0.5, 0.6) is 0 Å². The summed E-state index contributed by atoms with van der Waals surface area (Å²) in [6.45, 7) is 0. The summed E-state index contributed by atoms with van der Waals surface area (Å²) in [6.07, 6.45) is 5.09. The van der Waals surface area contributed by atoms with Gasteiger partial charge in [-0.1, -0.05) is 11.6 Å². The van der Waals surface area contributed by atoms with E-state index in [0.29, 0.717) is 28.2 Å². The van der Waals surface area contributed by atoms with Gasteiger partial charge in [-0.2, -0.15) is 0 Å². The van der Waals surface area contributed by atoms with Crippen LogP contribution in [-0.2, 0) is 6.42 Å². The van der Waals surface area contributed by atoms with Gasteiger partial charge in [0, 0.05) is 23.3 Å². The highest BCUT2D eigenvalue weighted by Gasteiger charge is 2.29. The van der Waals surface area contributed by atoms with Crippen molar-refractivity contribution in [3.8, 4) is 0 Å². The number of halogens is 2. The summed E-state index contributed by atoms with van der Waals surface area (Å²) in [6, 6.07) is 6.54. The summed E-state index contributed by atoms with van der Waals surface area (Å²) in [7, 11) is 0. The molecule has 0 bridgehead atoms. The third-order valence-corrected chi connectivity index (χ3v) is 4.60. The molecule has 0 radical (unpaired) electrons. The van der Waals surface area contributed by atoms with Crippen molar-refractivity contribution < 1.29 is 9.18 Å². The molecule has 6 heteroatoms. The number of imidazole rings is 1. The molecule has 2 aromatic heterocycles. The van der Waals surface area contributed by atoms with Crippen LogP contribution in [0, 0.1) is 5.82 Å². The second-order valence-corrected chi connectivity index (χ2v) is 6.17. The Hall–Kier alpha value is -2.40. The predicted octanol–water partition coefficient (Wildman–Crippen LogP) is 3.30. The number of fused-ring (bicyclic) bond motifs is 2. The van der Waals surface area contributed by atoms with Crippen LogP contribution < -0.4 is 5.73 Å². The third-order valence-electron chi connectivity index (χ3n) is 4.38. The molecule has 116 valence electrons. The van der Waals surface area contributed by atoms with Gasteiger partial charge in [-0.05, 0) is 48.2 Å². The van der Waals surface area contributed by atoms with Crippen LogP contribution in [0.25, 0.3) is 5.65 Å². The molecule has 0 saturated carbocycles. The Bertz CT molecular complexity index is 950. The summed E-state index contributed by atoms with van der Waals surface area (Å²) in [5.74, 6) is -0.816. The number of amides is 1. The Kier molecular flexibility index (Phi) is 3.13. The van der Waals surface area contributed by atoms with Crippen molar-refractivity contribution in [1.29, 1.82) is 0 Å². The maximum absolute atomic E-state index is 14.0. The standard InChI is InChI=1S/C17H13ClFN3O/c18-9-6-13-10(14(19)7-9)3-4-11(13)15-8-22-5-1-2-12(16(20)23)17(22)21-15/h1-2,5-8,11H,3-4H2,(H2,20,23)/t11-/m1/s1. The molecule has 3 aromatic rings. The van der Waals surface area contributed by atoms with E-state index in [1.165, 1.54) is 6.07 Å². The van der Waals surface area contributed by atoms with Crippen LogP contribution in [0.2, 0.25) is 5.02 Å². The second kappa shape index (κ2) is 5.06. The minimum atomic E-state index is -0.520. The molecule has 0 saturated heterocycles. The van der Waals surface area contributed by atoms with E-state index in [1.54, 1.807) is 22.6 Å². The molecule has 0 fully saturated rings. The molecular weight excluding hydrogens is 317 g/mol. The number of pyridine rings is 1. The normalized spacial score (nSPS) is 16.7. The lowest BCUT2D eigenvalue weighted by atomic mass is 9.98. The van der Waals surface area contributed by atoms with Crippen LogP contribution in [0.4, 0.5) is 4.39 Å². The zero-order valence-corrected chi connectivity index (χ0v) is 12.8. The van der Waals surface area contributed by atoms with Crippen molar-refractivity contribution in [2.75, 3.05) is 0 Å². The number of aromatic nitrogens is 2. The number of benzene rings is 1. The molecule has 2 N–H and O–H groups in total. The lowest BCUT2D eigenvalue weighted by molar-refractivity contribution is 0.100. The summed E-state index contributed by atoms with van der Waals surface area (Å²) in [4.78, 5) is 16.1. The highest BCUT2D eigenvalue weighted by atomic mass is 35.5. The summed E-state index contributed by atoms with van der Waals surface area (Å²) < 4.78 is 15.8. The fraction of sp³-hybridized carbons (Fsp3) is 0.176. The fourth-order valence-electron chi connectivity index (χ4n) is 3.34. The van der Waals surface area contributed by atoms with E-state index in [1.807, 2.05) is 12.4 Å².